The first-order valence-corrected chi connectivity index (χ1v) is 4.41. The molecule has 0 aliphatic rings. The van der Waals surface area contributed by atoms with Crippen LogP contribution in [0.1, 0.15) is 27.2 Å². The van der Waals surface area contributed by atoms with Crippen molar-refractivity contribution in [3.8, 4) is 0 Å². The predicted octanol–water partition coefficient (Wildman–Crippen LogP) is 1.25. The molecule has 0 amide bonds. The summed E-state index contributed by atoms with van der Waals surface area (Å²) in [5.74, 6) is -0.00551. The minimum absolute atomic E-state index is 0. The Balaban J connectivity index is 0. The summed E-state index contributed by atoms with van der Waals surface area (Å²) in [4.78, 5) is 3.43. The zero-order valence-corrected chi connectivity index (χ0v) is 11.5. The second-order valence-corrected chi connectivity index (χ2v) is 3.13. The quantitative estimate of drug-likeness (QED) is 0.729. The molecule has 3 nitrogen and oxygen atoms in total. The number of aliphatic hydroxyl groups excluding tert-OH is 1. The molecule has 0 spiro atoms. The van der Waals surface area contributed by atoms with Gasteiger partial charge in [0.15, 0.2) is 0 Å². The molecule has 13 heavy (non-hydrogen) atoms. The summed E-state index contributed by atoms with van der Waals surface area (Å²) in [5, 5.41) is 12.3. The SMILES string of the molecule is [C-]#[N+]C(NCCC)[C@@H](C)[C@H](C)O.[Y]. The van der Waals surface area contributed by atoms with Crippen LogP contribution < -0.4 is 5.32 Å². The standard InChI is InChI=1S/C9H18N2O.Y/c1-5-6-11-9(10-4)7(2)8(3)12;/h7-9,11-12H,5-6H2,1-3H3;/t7-,8-,9?;/m0./s1. The van der Waals surface area contributed by atoms with Gasteiger partial charge >= 0.3 is 0 Å². The number of hydrogen-bond donors (Lipinski definition) is 2. The van der Waals surface area contributed by atoms with Gasteiger partial charge in [-0.15, -0.1) is 0 Å². The van der Waals surface area contributed by atoms with E-state index in [0.717, 1.165) is 13.0 Å². The van der Waals surface area contributed by atoms with Gasteiger partial charge in [0, 0.05) is 39.3 Å². The Hall–Kier alpha value is 0.514. The van der Waals surface area contributed by atoms with Crippen LogP contribution in [0.15, 0.2) is 0 Å². The third-order valence-corrected chi connectivity index (χ3v) is 2.00. The van der Waals surface area contributed by atoms with E-state index < -0.39 is 6.10 Å². The molecule has 0 aliphatic carbocycles. The Morgan fingerprint density at radius 1 is 1.46 bits per heavy atom. The van der Waals surface area contributed by atoms with Crippen LogP contribution >= 0.6 is 0 Å². The van der Waals surface area contributed by atoms with E-state index >= 15 is 0 Å². The van der Waals surface area contributed by atoms with E-state index in [4.69, 9.17) is 6.57 Å². The third-order valence-electron chi connectivity index (χ3n) is 2.00. The molecule has 4 heteroatoms. The number of nitrogens with zero attached hydrogens (tertiary/aromatic N) is 1. The summed E-state index contributed by atoms with van der Waals surface area (Å²) in [7, 11) is 0. The third kappa shape index (κ3) is 6.57. The Morgan fingerprint density at radius 3 is 2.31 bits per heavy atom. The molecule has 0 fully saturated rings. The second kappa shape index (κ2) is 9.08. The molecule has 73 valence electrons. The minimum atomic E-state index is -0.423. The summed E-state index contributed by atoms with van der Waals surface area (Å²) in [5.41, 5.74) is 0. The largest absolute Gasteiger partial charge is 0.393 e. The van der Waals surface area contributed by atoms with Crippen LogP contribution in [0.3, 0.4) is 0 Å². The summed E-state index contributed by atoms with van der Waals surface area (Å²) in [6.07, 6.45) is 0.344. The van der Waals surface area contributed by atoms with Crippen molar-refractivity contribution in [2.24, 2.45) is 5.92 Å². The summed E-state index contributed by atoms with van der Waals surface area (Å²) >= 11 is 0. The van der Waals surface area contributed by atoms with Crippen molar-refractivity contribution in [1.29, 1.82) is 0 Å². The van der Waals surface area contributed by atoms with Gasteiger partial charge in [0.25, 0.3) is 6.17 Å². The monoisotopic (exact) mass is 259 g/mol. The maximum absolute atomic E-state index is 9.24. The van der Waals surface area contributed by atoms with Crippen molar-refractivity contribution in [1.82, 2.24) is 5.32 Å². The molecule has 0 saturated heterocycles. The van der Waals surface area contributed by atoms with E-state index in [1.165, 1.54) is 0 Å². The van der Waals surface area contributed by atoms with E-state index in [9.17, 15) is 5.11 Å². The molecule has 0 rings (SSSR count). The summed E-state index contributed by atoms with van der Waals surface area (Å²) in [6, 6.07) is 0. The molecule has 2 N–H and O–H groups in total. The molecule has 1 radical (unpaired) electrons. The first-order chi connectivity index (χ1) is 5.63. The fraction of sp³-hybridized carbons (Fsp3) is 0.889. The van der Waals surface area contributed by atoms with Crippen LogP contribution in [0.4, 0.5) is 0 Å². The van der Waals surface area contributed by atoms with Crippen LogP contribution in [-0.4, -0.2) is 23.9 Å². The normalized spacial score (nSPS) is 16.5. The Morgan fingerprint density at radius 2 is 2.00 bits per heavy atom. The van der Waals surface area contributed by atoms with Crippen LogP contribution in [0.2, 0.25) is 0 Å². The second-order valence-electron chi connectivity index (χ2n) is 3.13. The Kier molecular flexibility index (Phi) is 11.2. The number of aliphatic hydroxyl groups is 1. The average molecular weight is 259 g/mol. The van der Waals surface area contributed by atoms with E-state index in [1.807, 2.05) is 6.92 Å². The van der Waals surface area contributed by atoms with Crippen molar-refractivity contribution in [2.45, 2.75) is 39.5 Å². The van der Waals surface area contributed by atoms with Crippen LogP contribution in [0, 0.1) is 12.5 Å². The number of hydrogen-bond acceptors (Lipinski definition) is 2. The maximum Gasteiger partial charge on any atom is 0.282 e. The molecule has 0 saturated carbocycles. The molecule has 0 aromatic heterocycles. The van der Waals surface area contributed by atoms with Gasteiger partial charge in [-0.2, -0.15) is 0 Å². The minimum Gasteiger partial charge on any atom is -0.393 e. The van der Waals surface area contributed by atoms with Gasteiger partial charge < -0.3 is 5.11 Å². The van der Waals surface area contributed by atoms with Gasteiger partial charge in [-0.05, 0) is 13.3 Å². The van der Waals surface area contributed by atoms with Gasteiger partial charge in [0.05, 0.1) is 12.0 Å². The Labute approximate surface area is 106 Å². The zero-order valence-electron chi connectivity index (χ0n) is 8.62. The van der Waals surface area contributed by atoms with Gasteiger partial charge in [0.1, 0.15) is 0 Å². The molecule has 0 aromatic rings. The van der Waals surface area contributed by atoms with Gasteiger partial charge in [0.2, 0.25) is 0 Å². The van der Waals surface area contributed by atoms with Crippen molar-refractivity contribution in [2.75, 3.05) is 6.54 Å². The molecule has 0 aliphatic heterocycles. The molecule has 0 heterocycles. The van der Waals surface area contributed by atoms with Crippen molar-refractivity contribution >= 4 is 0 Å². The molecule has 0 bridgehead atoms. The van der Waals surface area contributed by atoms with E-state index in [0.29, 0.717) is 0 Å². The smallest absolute Gasteiger partial charge is 0.282 e. The molecular weight excluding hydrogens is 241 g/mol. The fourth-order valence-corrected chi connectivity index (χ4v) is 0.905. The van der Waals surface area contributed by atoms with Crippen molar-refractivity contribution < 1.29 is 37.8 Å². The molecule has 1 unspecified atom stereocenters. The van der Waals surface area contributed by atoms with Crippen LogP contribution in [-0.2, 0) is 32.7 Å². The van der Waals surface area contributed by atoms with Gasteiger partial charge in [-0.25, -0.2) is 11.9 Å². The van der Waals surface area contributed by atoms with Crippen molar-refractivity contribution in [3.05, 3.63) is 11.4 Å². The molecular formula is C9H18N2OY. The van der Waals surface area contributed by atoms with E-state index in [1.54, 1.807) is 6.92 Å². The zero-order chi connectivity index (χ0) is 9.56. The number of nitrogens with one attached hydrogen (secondary N) is 1. The molecule has 3 atom stereocenters. The topological polar surface area (TPSA) is 36.6 Å². The van der Waals surface area contributed by atoms with Crippen LogP contribution in [0.25, 0.3) is 4.85 Å². The predicted molar refractivity (Wildman–Crippen MR) is 49.5 cm³/mol. The molecule has 0 aromatic carbocycles. The summed E-state index contributed by atoms with van der Waals surface area (Å²) < 4.78 is 0. The number of rotatable bonds is 5. The fourth-order valence-electron chi connectivity index (χ4n) is 0.905. The first-order valence-electron chi connectivity index (χ1n) is 4.41. The summed E-state index contributed by atoms with van der Waals surface area (Å²) in [6.45, 7) is 13.4. The van der Waals surface area contributed by atoms with Crippen molar-refractivity contribution in [3.63, 3.8) is 0 Å². The average Bonchev–Trinajstić information content (AvgIpc) is 2.05. The van der Waals surface area contributed by atoms with Gasteiger partial charge in [-0.1, -0.05) is 13.8 Å². The van der Waals surface area contributed by atoms with Crippen LogP contribution in [0.5, 0.6) is 0 Å². The van der Waals surface area contributed by atoms with Gasteiger partial charge in [-0.3, -0.25) is 4.85 Å². The van der Waals surface area contributed by atoms with E-state index in [2.05, 4.69) is 17.1 Å². The Bertz CT molecular complexity index is 156. The van der Waals surface area contributed by atoms with E-state index in [-0.39, 0.29) is 44.8 Å². The maximum atomic E-state index is 9.24. The first kappa shape index (κ1) is 16.0.